The monoisotopic (exact) mass is 368 g/mol. The van der Waals surface area contributed by atoms with Crippen molar-refractivity contribution in [3.63, 3.8) is 0 Å². The number of aryl methyl sites for hydroxylation is 1. The van der Waals surface area contributed by atoms with Gasteiger partial charge in [0.2, 0.25) is 11.8 Å². The highest BCUT2D eigenvalue weighted by atomic mass is 79.9. The predicted molar refractivity (Wildman–Crippen MR) is 94.0 cm³/mol. The van der Waals surface area contributed by atoms with E-state index in [2.05, 4.69) is 35.1 Å². The summed E-state index contributed by atoms with van der Waals surface area (Å²) >= 11 is 3.47. The smallest absolute Gasteiger partial charge is 0.223 e. The molecule has 0 fully saturated rings. The number of carbonyl (C=O) groups excluding carboxylic acids is 2. The maximum atomic E-state index is 11.8. The van der Waals surface area contributed by atoms with Gasteiger partial charge in [0.25, 0.3) is 0 Å². The van der Waals surface area contributed by atoms with Crippen molar-refractivity contribution >= 4 is 33.4 Å². The van der Waals surface area contributed by atoms with Crippen molar-refractivity contribution in [1.82, 2.24) is 5.32 Å². The van der Waals surface area contributed by atoms with Crippen LogP contribution in [0.3, 0.4) is 0 Å². The van der Waals surface area contributed by atoms with Gasteiger partial charge in [-0.05, 0) is 37.0 Å². The molecule has 22 heavy (non-hydrogen) atoms. The van der Waals surface area contributed by atoms with E-state index in [4.69, 9.17) is 0 Å². The maximum absolute atomic E-state index is 11.8. The van der Waals surface area contributed by atoms with E-state index < -0.39 is 0 Å². The first-order valence-corrected chi connectivity index (χ1v) is 8.41. The van der Waals surface area contributed by atoms with Crippen LogP contribution >= 0.6 is 15.9 Å². The molecule has 0 saturated heterocycles. The second-order valence-electron chi connectivity index (χ2n) is 5.89. The zero-order valence-corrected chi connectivity index (χ0v) is 15.4. The number of halogens is 1. The number of nitrogens with zero attached hydrogens (tertiary/aromatic N) is 1. The van der Waals surface area contributed by atoms with Crippen molar-refractivity contribution in [2.75, 3.05) is 18.0 Å². The van der Waals surface area contributed by atoms with Crippen LogP contribution in [-0.4, -0.2) is 24.9 Å². The van der Waals surface area contributed by atoms with Crippen LogP contribution in [-0.2, 0) is 9.59 Å². The fourth-order valence-electron chi connectivity index (χ4n) is 2.02. The number of anilines is 1. The van der Waals surface area contributed by atoms with Gasteiger partial charge in [0.1, 0.15) is 0 Å². The van der Waals surface area contributed by atoms with Crippen molar-refractivity contribution in [3.05, 3.63) is 28.2 Å². The average molecular weight is 369 g/mol. The zero-order valence-electron chi connectivity index (χ0n) is 13.8. The summed E-state index contributed by atoms with van der Waals surface area (Å²) in [5.41, 5.74) is 1.92. The van der Waals surface area contributed by atoms with Crippen LogP contribution in [0.5, 0.6) is 0 Å². The number of rotatable bonds is 7. The molecule has 0 spiro atoms. The van der Waals surface area contributed by atoms with Crippen LogP contribution in [0, 0.1) is 12.8 Å². The van der Waals surface area contributed by atoms with Gasteiger partial charge in [0.05, 0.1) is 0 Å². The quantitative estimate of drug-likeness (QED) is 0.798. The molecule has 1 N–H and O–H groups in total. The maximum Gasteiger partial charge on any atom is 0.223 e. The Labute approximate surface area is 141 Å². The lowest BCUT2D eigenvalue weighted by Crippen LogP contribution is -2.34. The first-order chi connectivity index (χ1) is 10.3. The Morgan fingerprint density at radius 2 is 2.00 bits per heavy atom. The van der Waals surface area contributed by atoms with Gasteiger partial charge in [-0.1, -0.05) is 35.8 Å². The number of nitrogens with one attached hydrogen (secondary N) is 1. The highest BCUT2D eigenvalue weighted by Gasteiger charge is 2.14. The number of amides is 2. The molecule has 122 valence electrons. The third-order valence-corrected chi connectivity index (χ3v) is 4.31. The molecule has 1 aromatic rings. The van der Waals surface area contributed by atoms with Gasteiger partial charge in [0, 0.05) is 36.6 Å². The first kappa shape index (κ1) is 18.7. The lowest BCUT2D eigenvalue weighted by Gasteiger charge is -2.21. The zero-order chi connectivity index (χ0) is 16.7. The Hall–Kier alpha value is -1.36. The highest BCUT2D eigenvalue weighted by Crippen LogP contribution is 2.24. The van der Waals surface area contributed by atoms with Gasteiger partial charge in [-0.2, -0.15) is 0 Å². The van der Waals surface area contributed by atoms with E-state index in [1.165, 1.54) is 6.92 Å². The Balaban J connectivity index is 2.60. The van der Waals surface area contributed by atoms with Gasteiger partial charge >= 0.3 is 0 Å². The molecule has 0 saturated carbocycles. The molecule has 2 amide bonds. The summed E-state index contributed by atoms with van der Waals surface area (Å²) in [5, 5.41) is 2.89. The summed E-state index contributed by atoms with van der Waals surface area (Å²) in [6.45, 7) is 8.83. The molecule has 0 atom stereocenters. The summed E-state index contributed by atoms with van der Waals surface area (Å²) in [4.78, 5) is 25.3. The SMILES string of the molecule is CC(=O)N(CCC(=O)NCCC(C)C)c1ccc(C)c(Br)c1. The summed E-state index contributed by atoms with van der Waals surface area (Å²) in [7, 11) is 0. The van der Waals surface area contributed by atoms with E-state index in [1.807, 2.05) is 25.1 Å². The van der Waals surface area contributed by atoms with E-state index in [1.54, 1.807) is 4.90 Å². The van der Waals surface area contributed by atoms with Crippen LogP contribution in [0.25, 0.3) is 0 Å². The summed E-state index contributed by atoms with van der Waals surface area (Å²) in [5.74, 6) is 0.489. The van der Waals surface area contributed by atoms with Crippen LogP contribution in [0.2, 0.25) is 0 Å². The molecule has 0 bridgehead atoms. The normalized spacial score (nSPS) is 10.6. The van der Waals surface area contributed by atoms with Gasteiger partial charge < -0.3 is 10.2 Å². The molecule has 0 aliphatic carbocycles. The second kappa shape index (κ2) is 8.93. The molecule has 0 radical (unpaired) electrons. The van der Waals surface area contributed by atoms with Crippen molar-refractivity contribution < 1.29 is 9.59 Å². The number of carbonyl (C=O) groups is 2. The minimum atomic E-state index is -0.0641. The molecule has 1 rings (SSSR count). The van der Waals surface area contributed by atoms with Crippen molar-refractivity contribution in [2.45, 2.75) is 40.5 Å². The minimum absolute atomic E-state index is 0.0157. The molecular weight excluding hydrogens is 344 g/mol. The number of benzene rings is 1. The van der Waals surface area contributed by atoms with E-state index >= 15 is 0 Å². The van der Waals surface area contributed by atoms with Crippen molar-refractivity contribution in [3.8, 4) is 0 Å². The Kier molecular flexibility index (Phi) is 7.59. The molecule has 4 nitrogen and oxygen atoms in total. The fourth-order valence-corrected chi connectivity index (χ4v) is 2.39. The molecule has 0 aromatic heterocycles. The molecule has 1 aromatic carbocycles. The van der Waals surface area contributed by atoms with Gasteiger partial charge in [-0.25, -0.2) is 0 Å². The Morgan fingerprint density at radius 3 is 2.55 bits per heavy atom. The van der Waals surface area contributed by atoms with Gasteiger partial charge in [-0.15, -0.1) is 0 Å². The largest absolute Gasteiger partial charge is 0.356 e. The first-order valence-electron chi connectivity index (χ1n) is 7.62. The fraction of sp³-hybridized carbons (Fsp3) is 0.529. The lowest BCUT2D eigenvalue weighted by atomic mass is 10.1. The second-order valence-corrected chi connectivity index (χ2v) is 6.74. The molecule has 0 heterocycles. The van der Waals surface area contributed by atoms with Crippen LogP contribution in [0.4, 0.5) is 5.69 Å². The van der Waals surface area contributed by atoms with E-state index in [-0.39, 0.29) is 11.8 Å². The number of hydrogen-bond donors (Lipinski definition) is 1. The topological polar surface area (TPSA) is 49.4 Å². The molecule has 0 unspecified atom stereocenters. The summed E-state index contributed by atoms with van der Waals surface area (Å²) in [6.07, 6.45) is 1.27. The Bertz CT molecular complexity index is 529. The molecular formula is C17H25BrN2O2. The summed E-state index contributed by atoms with van der Waals surface area (Å²) < 4.78 is 0.956. The third-order valence-electron chi connectivity index (χ3n) is 3.45. The minimum Gasteiger partial charge on any atom is -0.356 e. The number of hydrogen-bond acceptors (Lipinski definition) is 2. The van der Waals surface area contributed by atoms with E-state index in [0.29, 0.717) is 25.4 Å². The van der Waals surface area contributed by atoms with Crippen molar-refractivity contribution in [1.29, 1.82) is 0 Å². The lowest BCUT2D eigenvalue weighted by molar-refractivity contribution is -0.121. The summed E-state index contributed by atoms with van der Waals surface area (Å²) in [6, 6.07) is 5.77. The third kappa shape index (κ3) is 6.18. The van der Waals surface area contributed by atoms with Gasteiger partial charge in [-0.3, -0.25) is 9.59 Å². The van der Waals surface area contributed by atoms with Crippen LogP contribution in [0.15, 0.2) is 22.7 Å². The van der Waals surface area contributed by atoms with E-state index in [0.717, 1.165) is 22.1 Å². The van der Waals surface area contributed by atoms with Gasteiger partial charge in [0.15, 0.2) is 0 Å². The Morgan fingerprint density at radius 1 is 1.32 bits per heavy atom. The van der Waals surface area contributed by atoms with Crippen molar-refractivity contribution in [2.24, 2.45) is 5.92 Å². The van der Waals surface area contributed by atoms with E-state index in [9.17, 15) is 9.59 Å². The predicted octanol–water partition coefficient (Wildman–Crippen LogP) is 3.66. The highest BCUT2D eigenvalue weighted by molar-refractivity contribution is 9.10. The average Bonchev–Trinajstić information content (AvgIpc) is 2.42. The standard InChI is InChI=1S/C17H25BrN2O2/c1-12(2)7-9-19-17(22)8-10-20(14(4)21)15-6-5-13(3)16(18)11-15/h5-6,11-12H,7-10H2,1-4H3,(H,19,22). The van der Waals surface area contributed by atoms with Crippen LogP contribution in [0.1, 0.15) is 39.2 Å². The molecule has 0 aliphatic rings. The van der Waals surface area contributed by atoms with Crippen LogP contribution < -0.4 is 10.2 Å². The molecule has 5 heteroatoms. The molecule has 0 aliphatic heterocycles.